The van der Waals surface area contributed by atoms with Gasteiger partial charge in [0.25, 0.3) is 5.91 Å². The van der Waals surface area contributed by atoms with E-state index in [2.05, 4.69) is 5.32 Å². The molecule has 2 aromatic rings. The van der Waals surface area contributed by atoms with Gasteiger partial charge in [0.05, 0.1) is 16.1 Å². The smallest absolute Gasteiger partial charge is 0.253 e. The van der Waals surface area contributed by atoms with E-state index in [1.165, 1.54) is 0 Å². The summed E-state index contributed by atoms with van der Waals surface area (Å²) in [6, 6.07) is 14.3. The van der Waals surface area contributed by atoms with E-state index in [9.17, 15) is 4.79 Å². The van der Waals surface area contributed by atoms with Crippen molar-refractivity contribution in [1.29, 1.82) is 0 Å². The van der Waals surface area contributed by atoms with E-state index >= 15 is 0 Å². The summed E-state index contributed by atoms with van der Waals surface area (Å²) in [6.45, 7) is 1.87. The van der Waals surface area contributed by atoms with E-state index in [0.717, 1.165) is 5.56 Å². The second-order valence-electron chi connectivity index (χ2n) is 4.91. The van der Waals surface area contributed by atoms with Crippen molar-refractivity contribution in [2.75, 3.05) is 5.88 Å². The molecule has 2 aromatic carbocycles. The normalized spacial score (nSPS) is 13.5. The van der Waals surface area contributed by atoms with Crippen molar-refractivity contribution in [3.05, 3.63) is 69.7 Å². The third-order valence-electron chi connectivity index (χ3n) is 3.24. The minimum atomic E-state index is -0.689. The summed E-state index contributed by atoms with van der Waals surface area (Å²) in [5, 5.41) is 3.73. The molecule has 110 valence electrons. The maximum atomic E-state index is 12.5. The average Bonchev–Trinajstić information content (AvgIpc) is 2.50. The van der Waals surface area contributed by atoms with Gasteiger partial charge in [0.2, 0.25) is 0 Å². The Balaban J connectivity index is 2.30. The molecule has 0 bridgehead atoms. The molecule has 5 heteroatoms. The lowest BCUT2D eigenvalue weighted by atomic mass is 9.93. The van der Waals surface area contributed by atoms with Gasteiger partial charge in [0.1, 0.15) is 0 Å². The molecule has 0 radical (unpaired) electrons. The zero-order chi connectivity index (χ0) is 15.5. The van der Waals surface area contributed by atoms with Crippen molar-refractivity contribution in [3.63, 3.8) is 0 Å². The molecular weight excluding hydrogens is 329 g/mol. The van der Waals surface area contributed by atoms with Crippen LogP contribution in [-0.2, 0) is 5.54 Å². The fraction of sp³-hybridized carbons (Fsp3) is 0.188. The third-order valence-corrected chi connectivity index (χ3v) is 4.34. The number of hydrogen-bond donors (Lipinski definition) is 1. The van der Waals surface area contributed by atoms with Crippen LogP contribution in [-0.4, -0.2) is 11.8 Å². The lowest BCUT2D eigenvalue weighted by Gasteiger charge is -2.29. The summed E-state index contributed by atoms with van der Waals surface area (Å²) >= 11 is 18.0. The van der Waals surface area contributed by atoms with Gasteiger partial charge >= 0.3 is 0 Å². The molecule has 0 saturated heterocycles. The summed E-state index contributed by atoms with van der Waals surface area (Å²) in [6.07, 6.45) is 0. The van der Waals surface area contributed by atoms with Crippen LogP contribution in [0.1, 0.15) is 22.8 Å². The molecule has 0 heterocycles. The molecule has 0 aliphatic carbocycles. The van der Waals surface area contributed by atoms with Crippen molar-refractivity contribution < 1.29 is 4.79 Å². The van der Waals surface area contributed by atoms with E-state index in [-0.39, 0.29) is 11.8 Å². The van der Waals surface area contributed by atoms with E-state index in [1.54, 1.807) is 18.2 Å². The van der Waals surface area contributed by atoms with Crippen LogP contribution >= 0.6 is 34.8 Å². The van der Waals surface area contributed by atoms with E-state index in [0.29, 0.717) is 15.6 Å². The van der Waals surface area contributed by atoms with E-state index in [4.69, 9.17) is 34.8 Å². The Kier molecular flexibility index (Phi) is 5.15. The number of hydrogen-bond acceptors (Lipinski definition) is 1. The fourth-order valence-corrected chi connectivity index (χ4v) is 2.57. The molecule has 0 aliphatic heterocycles. The topological polar surface area (TPSA) is 29.1 Å². The van der Waals surface area contributed by atoms with E-state index in [1.807, 2.05) is 37.3 Å². The van der Waals surface area contributed by atoms with Gasteiger partial charge in [0, 0.05) is 10.9 Å². The van der Waals surface area contributed by atoms with E-state index < -0.39 is 5.54 Å². The van der Waals surface area contributed by atoms with Crippen LogP contribution in [0.2, 0.25) is 10.0 Å². The number of nitrogens with one attached hydrogen (secondary N) is 1. The zero-order valence-electron chi connectivity index (χ0n) is 11.4. The lowest BCUT2D eigenvalue weighted by molar-refractivity contribution is 0.0913. The first-order valence-corrected chi connectivity index (χ1v) is 7.64. The predicted octanol–water partition coefficient (Wildman–Crippen LogP) is 4.88. The third kappa shape index (κ3) is 3.70. The van der Waals surface area contributed by atoms with Gasteiger partial charge < -0.3 is 5.32 Å². The number of amides is 1. The van der Waals surface area contributed by atoms with Gasteiger partial charge in [-0.3, -0.25) is 4.79 Å². The zero-order valence-corrected chi connectivity index (χ0v) is 13.6. The SMILES string of the molecule is CC(CCl)(NC(=O)c1cc(Cl)ccc1Cl)c1ccccc1. The molecule has 1 atom stereocenters. The Hall–Kier alpha value is -1.22. The molecular formula is C16H14Cl3NO. The number of alkyl halides is 1. The van der Waals surface area contributed by atoms with Crippen molar-refractivity contribution in [1.82, 2.24) is 5.32 Å². The van der Waals surface area contributed by atoms with Crippen LogP contribution in [0.15, 0.2) is 48.5 Å². The second kappa shape index (κ2) is 6.69. The molecule has 0 aliphatic rings. The summed E-state index contributed by atoms with van der Waals surface area (Å²) in [7, 11) is 0. The number of benzene rings is 2. The maximum absolute atomic E-state index is 12.5. The van der Waals surface area contributed by atoms with Crippen LogP contribution in [0.25, 0.3) is 0 Å². The van der Waals surface area contributed by atoms with Crippen LogP contribution in [0.4, 0.5) is 0 Å². The summed E-state index contributed by atoms with van der Waals surface area (Å²) in [4.78, 5) is 12.5. The minimum absolute atomic E-state index is 0.237. The highest BCUT2D eigenvalue weighted by Crippen LogP contribution is 2.25. The molecule has 0 spiro atoms. The summed E-state index contributed by atoms with van der Waals surface area (Å²) in [5.41, 5.74) is 0.564. The standard InChI is InChI=1S/C16H14Cl3NO/c1-16(10-17,11-5-3-2-4-6-11)20-15(21)13-9-12(18)7-8-14(13)19/h2-9H,10H2,1H3,(H,20,21). The largest absolute Gasteiger partial charge is 0.342 e. The van der Waals surface area contributed by atoms with Crippen molar-refractivity contribution >= 4 is 40.7 Å². The van der Waals surface area contributed by atoms with Crippen LogP contribution < -0.4 is 5.32 Å². The average molecular weight is 343 g/mol. The highest BCUT2D eigenvalue weighted by molar-refractivity contribution is 6.35. The fourth-order valence-electron chi connectivity index (χ4n) is 1.98. The van der Waals surface area contributed by atoms with Crippen LogP contribution in [0.5, 0.6) is 0 Å². The van der Waals surface area contributed by atoms with Gasteiger partial charge in [0.15, 0.2) is 0 Å². The van der Waals surface area contributed by atoms with Gasteiger partial charge in [-0.15, -0.1) is 11.6 Å². The Bertz CT molecular complexity index is 645. The molecule has 21 heavy (non-hydrogen) atoms. The van der Waals surface area contributed by atoms with Crippen LogP contribution in [0.3, 0.4) is 0 Å². The first-order chi connectivity index (χ1) is 9.96. The molecule has 1 N–H and O–H groups in total. The molecule has 0 fully saturated rings. The number of carbonyl (C=O) groups is 1. The quantitative estimate of drug-likeness (QED) is 0.788. The first-order valence-electron chi connectivity index (χ1n) is 6.35. The molecule has 0 saturated carbocycles. The Morgan fingerprint density at radius 2 is 1.81 bits per heavy atom. The van der Waals surface area contributed by atoms with Gasteiger partial charge in [-0.05, 0) is 30.7 Å². The maximum Gasteiger partial charge on any atom is 0.253 e. The van der Waals surface area contributed by atoms with Gasteiger partial charge in [-0.2, -0.15) is 0 Å². The highest BCUT2D eigenvalue weighted by atomic mass is 35.5. The highest BCUT2D eigenvalue weighted by Gasteiger charge is 2.28. The van der Waals surface area contributed by atoms with Gasteiger partial charge in [-0.25, -0.2) is 0 Å². The molecule has 1 amide bonds. The number of rotatable bonds is 4. The molecule has 1 unspecified atom stereocenters. The Labute approximate surface area is 139 Å². The number of halogens is 3. The summed E-state index contributed by atoms with van der Waals surface area (Å²) < 4.78 is 0. The van der Waals surface area contributed by atoms with Crippen molar-refractivity contribution in [3.8, 4) is 0 Å². The van der Waals surface area contributed by atoms with Crippen molar-refractivity contribution in [2.45, 2.75) is 12.5 Å². The predicted molar refractivity (Wildman–Crippen MR) is 88.4 cm³/mol. The second-order valence-corrected chi connectivity index (χ2v) is 6.02. The van der Waals surface area contributed by atoms with Gasteiger partial charge in [-0.1, -0.05) is 53.5 Å². The van der Waals surface area contributed by atoms with Crippen LogP contribution in [0, 0.1) is 0 Å². The first kappa shape index (κ1) is 16.2. The lowest BCUT2D eigenvalue weighted by Crippen LogP contribution is -2.45. The molecule has 2 nitrogen and oxygen atoms in total. The Morgan fingerprint density at radius 1 is 1.14 bits per heavy atom. The molecule has 2 rings (SSSR count). The summed E-state index contributed by atoms with van der Waals surface area (Å²) in [5.74, 6) is -0.0736. The Morgan fingerprint density at radius 3 is 2.43 bits per heavy atom. The minimum Gasteiger partial charge on any atom is -0.342 e. The van der Waals surface area contributed by atoms with Crippen molar-refractivity contribution in [2.24, 2.45) is 0 Å². The number of carbonyl (C=O) groups excluding carboxylic acids is 1. The molecule has 0 aromatic heterocycles. The monoisotopic (exact) mass is 341 g/mol.